The van der Waals surface area contributed by atoms with Crippen LogP contribution in [0, 0.1) is 5.92 Å². The maximum absolute atomic E-state index is 13.2. The number of hydrogen-bond acceptors (Lipinski definition) is 4. The van der Waals surface area contributed by atoms with E-state index >= 15 is 0 Å². The SMILES string of the molecule is CCOc1cc(-c2ccccc2)sc1C(=O)N1CCC(NCC2CC2)CC1.Cl. The minimum atomic E-state index is 0. The van der Waals surface area contributed by atoms with Crippen LogP contribution in [0.3, 0.4) is 0 Å². The molecular formula is C22H29ClN2O2S. The highest BCUT2D eigenvalue weighted by Crippen LogP contribution is 2.37. The number of piperidine rings is 1. The smallest absolute Gasteiger partial charge is 0.267 e. The van der Waals surface area contributed by atoms with Crippen molar-refractivity contribution in [2.24, 2.45) is 5.92 Å². The number of rotatable bonds is 7. The monoisotopic (exact) mass is 420 g/mol. The summed E-state index contributed by atoms with van der Waals surface area (Å²) in [5.41, 5.74) is 1.13. The van der Waals surface area contributed by atoms with E-state index in [-0.39, 0.29) is 18.3 Å². The van der Waals surface area contributed by atoms with Crippen LogP contribution in [0.25, 0.3) is 10.4 Å². The fourth-order valence-electron chi connectivity index (χ4n) is 3.62. The molecule has 2 fully saturated rings. The molecule has 2 aliphatic rings. The highest BCUT2D eigenvalue weighted by molar-refractivity contribution is 7.17. The first-order valence-corrected chi connectivity index (χ1v) is 10.9. The van der Waals surface area contributed by atoms with E-state index in [2.05, 4.69) is 17.4 Å². The molecule has 152 valence electrons. The Bertz CT molecular complexity index is 768. The second kappa shape index (κ2) is 9.77. The van der Waals surface area contributed by atoms with Crippen molar-refractivity contribution in [2.45, 2.75) is 38.6 Å². The van der Waals surface area contributed by atoms with Gasteiger partial charge in [0, 0.05) is 24.0 Å². The van der Waals surface area contributed by atoms with Gasteiger partial charge in [0.25, 0.3) is 5.91 Å². The molecule has 28 heavy (non-hydrogen) atoms. The van der Waals surface area contributed by atoms with Gasteiger partial charge in [0.2, 0.25) is 0 Å². The number of carbonyl (C=O) groups excluding carboxylic acids is 1. The van der Waals surface area contributed by atoms with E-state index in [9.17, 15) is 4.79 Å². The summed E-state index contributed by atoms with van der Waals surface area (Å²) in [4.78, 5) is 17.0. The molecular weight excluding hydrogens is 392 g/mol. The average Bonchev–Trinajstić information content (AvgIpc) is 3.45. The van der Waals surface area contributed by atoms with Crippen molar-refractivity contribution in [3.8, 4) is 16.2 Å². The van der Waals surface area contributed by atoms with Crippen LogP contribution in [-0.4, -0.2) is 43.1 Å². The lowest BCUT2D eigenvalue weighted by Crippen LogP contribution is -2.45. The van der Waals surface area contributed by atoms with E-state index in [0.29, 0.717) is 12.6 Å². The minimum absolute atomic E-state index is 0. The van der Waals surface area contributed by atoms with Crippen molar-refractivity contribution < 1.29 is 9.53 Å². The average molecular weight is 421 g/mol. The third-order valence-corrected chi connectivity index (χ3v) is 6.58. The molecule has 1 saturated carbocycles. The molecule has 1 aromatic carbocycles. The number of thiophene rings is 1. The Morgan fingerprint density at radius 1 is 1.18 bits per heavy atom. The van der Waals surface area contributed by atoms with E-state index in [4.69, 9.17) is 4.74 Å². The largest absolute Gasteiger partial charge is 0.492 e. The number of ether oxygens (including phenoxy) is 1. The number of nitrogens with one attached hydrogen (secondary N) is 1. The summed E-state index contributed by atoms with van der Waals surface area (Å²) in [5.74, 6) is 1.74. The third-order valence-electron chi connectivity index (χ3n) is 5.42. The molecule has 1 amide bonds. The summed E-state index contributed by atoms with van der Waals surface area (Å²) in [6.45, 7) is 5.33. The molecule has 1 N–H and O–H groups in total. The lowest BCUT2D eigenvalue weighted by atomic mass is 10.0. The highest BCUT2D eigenvalue weighted by Gasteiger charge is 2.28. The first-order valence-electron chi connectivity index (χ1n) is 10.1. The molecule has 0 bridgehead atoms. The van der Waals surface area contributed by atoms with Crippen LogP contribution in [0.1, 0.15) is 42.3 Å². The summed E-state index contributed by atoms with van der Waals surface area (Å²) >= 11 is 1.55. The third kappa shape index (κ3) is 5.07. The van der Waals surface area contributed by atoms with Gasteiger partial charge in [-0.15, -0.1) is 23.7 Å². The Kier molecular flexibility index (Phi) is 7.38. The van der Waals surface area contributed by atoms with Crippen molar-refractivity contribution in [1.82, 2.24) is 10.2 Å². The number of nitrogens with zero attached hydrogens (tertiary/aromatic N) is 1. The number of hydrogen-bond donors (Lipinski definition) is 1. The summed E-state index contributed by atoms with van der Waals surface area (Å²) in [5, 5.41) is 3.68. The molecule has 4 rings (SSSR count). The molecule has 1 aliphatic heterocycles. The molecule has 0 spiro atoms. The van der Waals surface area contributed by atoms with Crippen LogP contribution in [0.4, 0.5) is 0 Å². The summed E-state index contributed by atoms with van der Waals surface area (Å²) in [7, 11) is 0. The Hall–Kier alpha value is -1.56. The predicted molar refractivity (Wildman–Crippen MR) is 118 cm³/mol. The van der Waals surface area contributed by atoms with E-state index in [1.165, 1.54) is 12.8 Å². The van der Waals surface area contributed by atoms with E-state index in [1.807, 2.05) is 36.1 Å². The quantitative estimate of drug-likeness (QED) is 0.696. The maximum Gasteiger partial charge on any atom is 0.267 e. The second-order valence-electron chi connectivity index (χ2n) is 7.52. The normalized spacial score (nSPS) is 17.2. The van der Waals surface area contributed by atoms with Crippen molar-refractivity contribution in [1.29, 1.82) is 0 Å². The van der Waals surface area contributed by atoms with Gasteiger partial charge in [-0.3, -0.25) is 4.79 Å². The first kappa shape index (κ1) is 21.2. The first-order chi connectivity index (χ1) is 13.2. The molecule has 1 aromatic heterocycles. The molecule has 0 atom stereocenters. The molecule has 1 saturated heterocycles. The van der Waals surface area contributed by atoms with Gasteiger partial charge in [0.15, 0.2) is 0 Å². The van der Waals surface area contributed by atoms with E-state index < -0.39 is 0 Å². The topological polar surface area (TPSA) is 41.6 Å². The predicted octanol–water partition coefficient (Wildman–Crippen LogP) is 4.84. The Morgan fingerprint density at radius 3 is 2.54 bits per heavy atom. The van der Waals surface area contributed by atoms with Crippen molar-refractivity contribution in [3.63, 3.8) is 0 Å². The van der Waals surface area contributed by atoms with Crippen molar-refractivity contribution in [3.05, 3.63) is 41.3 Å². The van der Waals surface area contributed by atoms with Gasteiger partial charge < -0.3 is 15.0 Å². The number of benzene rings is 1. The molecule has 2 heterocycles. The molecule has 4 nitrogen and oxygen atoms in total. The van der Waals surface area contributed by atoms with Crippen molar-refractivity contribution in [2.75, 3.05) is 26.2 Å². The molecule has 0 unspecified atom stereocenters. The van der Waals surface area contributed by atoms with E-state index in [0.717, 1.165) is 59.5 Å². The fraction of sp³-hybridized carbons (Fsp3) is 0.500. The Morgan fingerprint density at radius 2 is 1.89 bits per heavy atom. The fourth-order valence-corrected chi connectivity index (χ4v) is 4.69. The van der Waals surface area contributed by atoms with Gasteiger partial charge in [-0.2, -0.15) is 0 Å². The summed E-state index contributed by atoms with van der Waals surface area (Å²) < 4.78 is 5.79. The van der Waals surface area contributed by atoms with Gasteiger partial charge in [-0.05, 0) is 56.7 Å². The zero-order valence-corrected chi connectivity index (χ0v) is 18.0. The molecule has 2 aromatic rings. The van der Waals surface area contributed by atoms with Crippen LogP contribution in [0.2, 0.25) is 0 Å². The molecule has 0 radical (unpaired) electrons. The zero-order valence-electron chi connectivity index (χ0n) is 16.4. The number of likely N-dealkylation sites (tertiary alicyclic amines) is 1. The second-order valence-corrected chi connectivity index (χ2v) is 8.57. The van der Waals surface area contributed by atoms with Crippen molar-refractivity contribution >= 4 is 29.7 Å². The van der Waals surface area contributed by atoms with Crippen LogP contribution in [0.15, 0.2) is 36.4 Å². The Labute approximate surface area is 177 Å². The number of halogens is 1. The van der Waals surface area contributed by atoms with Gasteiger partial charge >= 0.3 is 0 Å². The molecule has 6 heteroatoms. The Balaban J connectivity index is 0.00000225. The summed E-state index contributed by atoms with van der Waals surface area (Å²) in [6, 6.07) is 12.8. The van der Waals surface area contributed by atoms with Crippen LogP contribution in [-0.2, 0) is 0 Å². The maximum atomic E-state index is 13.2. The highest BCUT2D eigenvalue weighted by atomic mass is 35.5. The van der Waals surface area contributed by atoms with Crippen LogP contribution < -0.4 is 10.1 Å². The lowest BCUT2D eigenvalue weighted by Gasteiger charge is -2.32. The number of amides is 1. The van der Waals surface area contributed by atoms with Crippen LogP contribution >= 0.6 is 23.7 Å². The van der Waals surface area contributed by atoms with E-state index in [1.54, 1.807) is 11.3 Å². The van der Waals surface area contributed by atoms with Gasteiger partial charge in [-0.25, -0.2) is 0 Å². The molecule has 1 aliphatic carbocycles. The lowest BCUT2D eigenvalue weighted by molar-refractivity contribution is 0.0706. The summed E-state index contributed by atoms with van der Waals surface area (Å²) in [6.07, 6.45) is 4.85. The standard InChI is InChI=1S/C22H28N2O2S.ClH/c1-2-26-19-14-20(17-6-4-3-5-7-17)27-21(19)22(25)24-12-10-18(11-13-24)23-15-16-8-9-16;/h3-7,14,16,18,23H,2,8-13,15H2,1H3;1H. The van der Waals surface area contributed by atoms with Gasteiger partial charge in [0.1, 0.15) is 10.6 Å². The zero-order chi connectivity index (χ0) is 18.6. The number of carbonyl (C=O) groups is 1. The van der Waals surface area contributed by atoms with Gasteiger partial charge in [-0.1, -0.05) is 30.3 Å². The van der Waals surface area contributed by atoms with Gasteiger partial charge in [0.05, 0.1) is 6.61 Å². The minimum Gasteiger partial charge on any atom is -0.492 e. The van der Waals surface area contributed by atoms with Crippen LogP contribution in [0.5, 0.6) is 5.75 Å².